The zero-order valence-corrected chi connectivity index (χ0v) is 31.0. The van der Waals surface area contributed by atoms with Gasteiger partial charge in [0.15, 0.2) is 5.13 Å². The molecule has 1 unspecified atom stereocenters. The fourth-order valence-electron chi connectivity index (χ4n) is 6.93. The molecule has 272 valence electrons. The van der Waals surface area contributed by atoms with Crippen molar-refractivity contribution in [1.29, 1.82) is 0 Å². The zero-order chi connectivity index (χ0) is 36.2. The van der Waals surface area contributed by atoms with E-state index in [2.05, 4.69) is 57.7 Å². The third-order valence-corrected chi connectivity index (χ3v) is 11.2. The lowest BCUT2D eigenvalue weighted by Gasteiger charge is -2.39. The molecule has 0 bridgehead atoms. The molecule has 3 saturated heterocycles. The summed E-state index contributed by atoms with van der Waals surface area (Å²) in [5, 5.41) is 9.68. The van der Waals surface area contributed by atoms with Crippen LogP contribution in [0.2, 0.25) is 5.02 Å². The molecule has 7 rings (SSSR count). The molecule has 0 radical (unpaired) electrons. The number of rotatable bonds is 10. The number of piperidine rings is 1. The van der Waals surface area contributed by atoms with Crippen molar-refractivity contribution < 1.29 is 14.4 Å². The number of imide groups is 1. The first-order valence-corrected chi connectivity index (χ1v) is 18.9. The van der Waals surface area contributed by atoms with Crippen LogP contribution in [0.15, 0.2) is 54.7 Å². The first-order valence-electron chi connectivity index (χ1n) is 17.7. The molecule has 13 nitrogen and oxygen atoms in total. The van der Waals surface area contributed by atoms with Crippen LogP contribution in [0.1, 0.15) is 45.4 Å². The maximum Gasteiger partial charge on any atom is 0.267 e. The van der Waals surface area contributed by atoms with Gasteiger partial charge in [0.25, 0.3) is 5.91 Å². The van der Waals surface area contributed by atoms with Crippen LogP contribution in [0.5, 0.6) is 0 Å². The number of nitrogens with one attached hydrogen (secondary N) is 3. The minimum Gasteiger partial charge on any atom is -0.369 e. The average molecular weight is 743 g/mol. The van der Waals surface area contributed by atoms with Gasteiger partial charge in [-0.2, -0.15) is 0 Å². The van der Waals surface area contributed by atoms with Crippen molar-refractivity contribution in [3.05, 3.63) is 81.6 Å². The van der Waals surface area contributed by atoms with Gasteiger partial charge in [0.2, 0.25) is 11.8 Å². The number of benzene rings is 2. The number of thiazole rings is 1. The second-order valence-corrected chi connectivity index (χ2v) is 14.9. The molecule has 15 heteroatoms. The van der Waals surface area contributed by atoms with Crippen molar-refractivity contribution in [2.24, 2.45) is 0 Å². The van der Waals surface area contributed by atoms with Crippen LogP contribution in [0.4, 0.5) is 28.1 Å². The van der Waals surface area contributed by atoms with E-state index in [4.69, 9.17) is 16.6 Å². The summed E-state index contributed by atoms with van der Waals surface area (Å²) in [6, 6.07) is 15.7. The molecule has 3 N–H and O–H groups in total. The Morgan fingerprint density at radius 3 is 2.29 bits per heavy atom. The predicted octanol–water partition coefficient (Wildman–Crippen LogP) is 4.66. The molecule has 0 aliphatic carbocycles. The largest absolute Gasteiger partial charge is 0.369 e. The molecule has 3 amide bonds. The number of hydrogen-bond acceptors (Lipinski definition) is 12. The summed E-state index contributed by atoms with van der Waals surface area (Å²) in [5.74, 6) is 1.28. The minimum absolute atomic E-state index is 0.183. The highest BCUT2D eigenvalue weighted by Gasteiger charge is 2.28. The van der Waals surface area contributed by atoms with Gasteiger partial charge >= 0.3 is 0 Å². The number of halogens is 1. The van der Waals surface area contributed by atoms with Gasteiger partial charge in [0.05, 0.1) is 22.8 Å². The molecule has 3 aliphatic heterocycles. The first-order chi connectivity index (χ1) is 25.2. The third kappa shape index (κ3) is 8.52. The van der Waals surface area contributed by atoms with Crippen molar-refractivity contribution in [3.63, 3.8) is 0 Å². The molecule has 3 aliphatic rings. The van der Waals surface area contributed by atoms with E-state index in [1.165, 1.54) is 17.0 Å². The van der Waals surface area contributed by atoms with E-state index in [1.807, 2.05) is 44.2 Å². The van der Waals surface area contributed by atoms with E-state index in [1.54, 1.807) is 12.3 Å². The Morgan fingerprint density at radius 2 is 1.62 bits per heavy atom. The fraction of sp³-hybridized carbons (Fsp3) is 0.405. The summed E-state index contributed by atoms with van der Waals surface area (Å²) in [6.45, 7) is 13.5. The summed E-state index contributed by atoms with van der Waals surface area (Å²) >= 11 is 7.54. The van der Waals surface area contributed by atoms with Gasteiger partial charge in [-0.25, -0.2) is 15.0 Å². The van der Waals surface area contributed by atoms with Gasteiger partial charge in [-0.15, -0.1) is 0 Å². The van der Waals surface area contributed by atoms with Crippen molar-refractivity contribution in [2.45, 2.75) is 32.6 Å². The quantitative estimate of drug-likeness (QED) is 0.196. The van der Waals surface area contributed by atoms with Crippen molar-refractivity contribution >= 4 is 68.8 Å². The second kappa shape index (κ2) is 15.9. The number of para-hydroxylation sites is 1. The maximum absolute atomic E-state index is 12.9. The van der Waals surface area contributed by atoms with Crippen LogP contribution in [-0.4, -0.2) is 108 Å². The molecule has 4 aromatic rings. The molecule has 1 atom stereocenters. The van der Waals surface area contributed by atoms with Gasteiger partial charge in [-0.1, -0.05) is 47.2 Å². The highest BCUT2D eigenvalue weighted by molar-refractivity contribution is 7.17. The lowest BCUT2D eigenvalue weighted by molar-refractivity contribution is -0.134. The topological polar surface area (TPSA) is 139 Å². The Balaban J connectivity index is 0.851. The molecular weight excluding hydrogens is 700 g/mol. The molecule has 5 heterocycles. The number of amides is 3. The van der Waals surface area contributed by atoms with Gasteiger partial charge in [-0.3, -0.25) is 29.5 Å². The van der Waals surface area contributed by atoms with Crippen molar-refractivity contribution in [2.75, 3.05) is 85.9 Å². The summed E-state index contributed by atoms with van der Waals surface area (Å²) in [4.78, 5) is 60.6. The molecule has 0 spiro atoms. The molecule has 0 saturated carbocycles. The van der Waals surface area contributed by atoms with Crippen LogP contribution >= 0.6 is 22.9 Å². The molecule has 2 aromatic heterocycles. The lowest BCUT2D eigenvalue weighted by Crippen LogP contribution is -2.51. The van der Waals surface area contributed by atoms with Crippen LogP contribution in [0.3, 0.4) is 0 Å². The van der Waals surface area contributed by atoms with Gasteiger partial charge in [-0.05, 0) is 49.6 Å². The Hall–Kier alpha value is -4.63. The number of nitrogens with zero attached hydrogens (tertiary/aromatic N) is 7. The average Bonchev–Trinajstić information content (AvgIpc) is 3.61. The second-order valence-electron chi connectivity index (χ2n) is 13.5. The van der Waals surface area contributed by atoms with Crippen LogP contribution in [0.25, 0.3) is 0 Å². The number of piperazine rings is 2. The lowest BCUT2D eigenvalue weighted by atomic mass is 9.90. The number of hydrogen-bond donors (Lipinski definition) is 3. The Morgan fingerprint density at radius 1 is 0.923 bits per heavy atom. The maximum atomic E-state index is 12.9. The number of carbonyl (C=O) groups excluding carboxylic acids is 3. The fourth-order valence-corrected chi connectivity index (χ4v) is 7.92. The summed E-state index contributed by atoms with van der Waals surface area (Å²) in [7, 11) is 0. The predicted molar refractivity (Wildman–Crippen MR) is 205 cm³/mol. The summed E-state index contributed by atoms with van der Waals surface area (Å²) < 4.78 is 0. The number of carbonyl (C=O) groups is 3. The van der Waals surface area contributed by atoms with Crippen LogP contribution < -0.4 is 25.8 Å². The van der Waals surface area contributed by atoms with Crippen LogP contribution in [0, 0.1) is 13.8 Å². The zero-order valence-electron chi connectivity index (χ0n) is 29.4. The smallest absolute Gasteiger partial charge is 0.267 e. The molecule has 2 aromatic carbocycles. The molecular formula is C37H43ClN10O3S. The van der Waals surface area contributed by atoms with Crippen molar-refractivity contribution in [1.82, 2.24) is 30.1 Å². The number of anilines is 5. The molecule has 52 heavy (non-hydrogen) atoms. The van der Waals surface area contributed by atoms with E-state index in [0.29, 0.717) is 45.2 Å². The minimum atomic E-state index is -0.267. The monoisotopic (exact) mass is 742 g/mol. The summed E-state index contributed by atoms with van der Waals surface area (Å²) in [6.07, 6.45) is 2.51. The van der Waals surface area contributed by atoms with E-state index in [9.17, 15) is 14.4 Å². The Kier molecular flexibility index (Phi) is 11.0. The number of aromatic nitrogens is 3. The van der Waals surface area contributed by atoms with E-state index in [0.717, 1.165) is 82.4 Å². The SMILES string of the molecule is Cc1nc(Nc2ncc(C(=O)Nc3c(C)cccc3Cl)s2)cc(N2CCN(CCN3CCN(c4ccc(C5CCC(=O)NC5=O)cc4)CC3)CC2)n1. The van der Waals surface area contributed by atoms with Crippen LogP contribution in [-0.2, 0) is 9.59 Å². The van der Waals surface area contributed by atoms with Gasteiger partial charge < -0.3 is 20.4 Å². The van der Waals surface area contributed by atoms with Gasteiger partial charge in [0.1, 0.15) is 22.3 Å². The summed E-state index contributed by atoms with van der Waals surface area (Å²) in [5.41, 5.74) is 3.63. The standard InChI is InChI=1S/C37H43ClN10O3S/c1-24-4-3-5-29(38)34(24)44-36(51)30-23-39-37(52-30)42-31-22-32(41-25(2)40-31)48-20-16-46(17-21-48)13-12-45-14-18-47(19-15-45)27-8-6-26(7-9-27)28-10-11-33(49)43-35(28)50/h3-9,22-23,28H,10-21H2,1-2H3,(H,44,51)(H,43,49,50)(H,39,40,41,42). The van der Waals surface area contributed by atoms with Gasteiger partial charge in [0, 0.05) is 83.6 Å². The van der Waals surface area contributed by atoms with E-state index >= 15 is 0 Å². The molecule has 3 fully saturated rings. The Labute approximate surface area is 312 Å². The number of aryl methyl sites for hydroxylation is 2. The van der Waals surface area contributed by atoms with E-state index in [-0.39, 0.29) is 23.6 Å². The highest BCUT2D eigenvalue weighted by atomic mass is 35.5. The first kappa shape index (κ1) is 35.8. The normalized spacial score (nSPS) is 18.7. The third-order valence-electron chi connectivity index (χ3n) is 9.95. The highest BCUT2D eigenvalue weighted by Crippen LogP contribution is 2.30. The Bertz CT molecular complexity index is 1900. The van der Waals surface area contributed by atoms with E-state index < -0.39 is 0 Å². The van der Waals surface area contributed by atoms with Crippen molar-refractivity contribution in [3.8, 4) is 0 Å².